The number of benzene rings is 8. The number of carbonyl (C=O) groups excluding carboxylic acids is 1. The molecule has 143 heavy (non-hydrogen) atoms. The number of nitrogens with two attached hydrogens (primary N) is 1. The van der Waals surface area contributed by atoms with Gasteiger partial charge in [0.25, 0.3) is 0 Å². The molecule has 0 radical (unpaired) electrons. The van der Waals surface area contributed by atoms with Gasteiger partial charge in [0.1, 0.15) is 5.60 Å². The van der Waals surface area contributed by atoms with E-state index in [1.807, 2.05) is 79.2 Å². The third kappa shape index (κ3) is 24.2. The Morgan fingerprint density at radius 3 is 1.06 bits per heavy atom. The Morgan fingerprint density at radius 1 is 0.350 bits per heavy atom. The number of rotatable bonds is 15. The van der Waals surface area contributed by atoms with Crippen LogP contribution in [-0.2, 0) is 23.7 Å². The average Bonchev–Trinajstić information content (AvgIpc) is 0.758. The van der Waals surface area contributed by atoms with Crippen molar-refractivity contribution in [3.05, 3.63) is 236 Å². The van der Waals surface area contributed by atoms with Crippen molar-refractivity contribution in [1.29, 1.82) is 0 Å². The molecule has 3 unspecified atom stereocenters. The molecule has 1 saturated carbocycles. The predicted octanol–water partition coefficient (Wildman–Crippen LogP) is 21.7. The number of fused-ring (bicyclic) bond motifs is 8. The lowest BCUT2D eigenvalue weighted by atomic mass is 9.92. The number of nitrogen functional groups attached to an aromatic ring is 1. The van der Waals surface area contributed by atoms with E-state index in [9.17, 15) is 24.0 Å². The molecule has 7 saturated heterocycles. The van der Waals surface area contributed by atoms with E-state index < -0.39 is 5.60 Å². The number of aromatic amines is 4. The van der Waals surface area contributed by atoms with Crippen molar-refractivity contribution in [3.8, 4) is 45.0 Å². The van der Waals surface area contributed by atoms with Crippen molar-refractivity contribution >= 4 is 146 Å². The lowest BCUT2D eigenvalue weighted by molar-refractivity contribution is 0.0206. The first-order chi connectivity index (χ1) is 69.8. The number of morpholine rings is 4. The highest BCUT2D eigenvalue weighted by molar-refractivity contribution is 8.06. The molecule has 3 atom stereocenters. The first kappa shape index (κ1) is 98.8. The minimum atomic E-state index is -0.498. The number of aromatic nitrogens is 4. The molecule has 12 aromatic rings. The van der Waals surface area contributed by atoms with Crippen LogP contribution in [0.1, 0.15) is 91.4 Å². The average molecular weight is 2070 g/mol. The number of hydrogen-bond acceptors (Lipinski definition) is 28. The second-order valence-corrected chi connectivity index (χ2v) is 47.3. The van der Waals surface area contributed by atoms with Crippen LogP contribution in [0.15, 0.2) is 292 Å². The summed E-state index contributed by atoms with van der Waals surface area (Å²) in [7, 11) is 0. The highest BCUT2D eigenvalue weighted by atomic mass is 32.2. The molecular weight excluding hydrogens is 1950 g/mol. The van der Waals surface area contributed by atoms with E-state index in [0.29, 0.717) is 71.5 Å². The van der Waals surface area contributed by atoms with Crippen LogP contribution in [0.3, 0.4) is 0 Å². The summed E-state index contributed by atoms with van der Waals surface area (Å²) in [5.41, 5.74) is 20.8. The molecule has 8 aromatic carbocycles. The summed E-state index contributed by atoms with van der Waals surface area (Å²) in [6.07, 6.45) is 13.6. The van der Waals surface area contributed by atoms with Crippen LogP contribution < -0.4 is 68.8 Å². The molecule has 1 amide bonds. The highest BCUT2D eigenvalue weighted by Crippen LogP contribution is 2.57. The van der Waals surface area contributed by atoms with Gasteiger partial charge in [0, 0.05) is 273 Å². The van der Waals surface area contributed by atoms with Crippen LogP contribution >= 0.6 is 94.1 Å². The molecule has 12 aliphatic rings. The molecule has 0 bridgehead atoms. The number of piperidine rings is 3. The van der Waals surface area contributed by atoms with Gasteiger partial charge in [-0.05, 0) is 207 Å². The Hall–Kier alpha value is -10.2. The fourth-order valence-corrected chi connectivity index (χ4v) is 30.1. The number of H-pyrrole nitrogens is 4. The maximum atomic E-state index is 12.7. The summed E-state index contributed by atoms with van der Waals surface area (Å²) < 4.78 is 27.5. The SMILES string of the molecule is CC(C)(C)OC(=O)N1CCCC(Nc2ccc3c(c2)Sc2cccc(-c4cc(N5CCOCC5)cc(=O)[nH]4)c2S3)C1.Nc1ccc2c(c1)Sc1cccc(-c3cc(N4CCOCC4)cc(=O)[nH]3)c1S2.O=c1cc(N2CCOCC2)cc(-c2cccc3c2Sc2ccc(NC4CCCN(C5CCCCC5)C4)cc2S3)[nH]1.O=c1cc(N2CCOCC2)cc(-c2cccc3c2Sc2ccc(NC4CCCNC4)cc2S3)[nH]1. The van der Waals surface area contributed by atoms with Gasteiger partial charge in [0.15, 0.2) is 0 Å². The maximum absolute atomic E-state index is 12.7. The van der Waals surface area contributed by atoms with Gasteiger partial charge in [-0.3, -0.25) is 24.1 Å². The third-order valence-corrected chi connectivity index (χ3v) is 37.8. The fourth-order valence-electron chi connectivity index (χ4n) is 20.4. The maximum Gasteiger partial charge on any atom is 0.410 e. The zero-order valence-corrected chi connectivity index (χ0v) is 87.3. The molecule has 8 fully saturated rings. The van der Waals surface area contributed by atoms with E-state index in [2.05, 4.69) is 217 Å². The van der Waals surface area contributed by atoms with Crippen LogP contribution in [0.5, 0.6) is 0 Å². The lowest BCUT2D eigenvalue weighted by Crippen LogP contribution is -2.47. The summed E-state index contributed by atoms with van der Waals surface area (Å²) >= 11 is 14.2. The van der Waals surface area contributed by atoms with Gasteiger partial charge in [-0.1, -0.05) is 162 Å². The molecule has 33 heteroatoms. The number of likely N-dealkylation sites (tertiary alicyclic amines) is 2. The van der Waals surface area contributed by atoms with Gasteiger partial charge < -0.3 is 95.1 Å². The first-order valence-corrected chi connectivity index (χ1v) is 56.6. The van der Waals surface area contributed by atoms with Crippen molar-refractivity contribution in [3.63, 3.8) is 0 Å². The summed E-state index contributed by atoms with van der Waals surface area (Å²) in [5.74, 6) is 0. The van der Waals surface area contributed by atoms with E-state index in [1.54, 1.807) is 83.1 Å². The number of ether oxygens (including phenoxy) is 5. The van der Waals surface area contributed by atoms with Crippen LogP contribution in [0.25, 0.3) is 45.0 Å². The molecule has 1 aliphatic carbocycles. The highest BCUT2D eigenvalue weighted by Gasteiger charge is 2.34. The number of hydrogen-bond donors (Lipinski definition) is 9. The van der Waals surface area contributed by atoms with Crippen LogP contribution in [-0.4, -0.2) is 210 Å². The van der Waals surface area contributed by atoms with E-state index in [-0.39, 0.29) is 34.4 Å². The summed E-state index contributed by atoms with van der Waals surface area (Å²) in [6.45, 7) is 23.5. The van der Waals surface area contributed by atoms with Crippen molar-refractivity contribution in [2.75, 3.05) is 186 Å². The Balaban J connectivity index is 0.000000114. The van der Waals surface area contributed by atoms with Gasteiger partial charge in [-0.25, -0.2) is 4.79 Å². The predicted molar refractivity (Wildman–Crippen MR) is 584 cm³/mol. The Morgan fingerprint density at radius 2 is 0.692 bits per heavy atom. The van der Waals surface area contributed by atoms with Gasteiger partial charge in [0.05, 0.1) is 75.6 Å². The molecule has 0 spiro atoms. The van der Waals surface area contributed by atoms with Crippen molar-refractivity contribution in [1.82, 2.24) is 35.1 Å². The van der Waals surface area contributed by atoms with Crippen LogP contribution in [0.2, 0.25) is 0 Å². The van der Waals surface area contributed by atoms with E-state index in [1.165, 1.54) is 149 Å². The lowest BCUT2D eigenvalue weighted by Gasteiger charge is -2.40. The Bertz CT molecular complexity index is 6880. The summed E-state index contributed by atoms with van der Waals surface area (Å²) in [5, 5.41) is 14.7. The van der Waals surface area contributed by atoms with E-state index in [4.69, 9.17) is 29.4 Å². The summed E-state index contributed by atoms with van der Waals surface area (Å²) in [6, 6.07) is 68.5. The molecule has 10 N–H and O–H groups in total. The number of nitrogens with zero attached hydrogens (tertiary/aromatic N) is 6. The molecule has 15 heterocycles. The largest absolute Gasteiger partial charge is 0.444 e. The number of amides is 1. The second-order valence-electron chi connectivity index (χ2n) is 38.8. The van der Waals surface area contributed by atoms with Crippen molar-refractivity contribution in [2.24, 2.45) is 0 Å². The number of anilines is 8. The first-order valence-electron chi connectivity index (χ1n) is 50.1. The van der Waals surface area contributed by atoms with Gasteiger partial charge in [0.2, 0.25) is 22.2 Å². The van der Waals surface area contributed by atoms with Crippen LogP contribution in [0.4, 0.5) is 50.3 Å². The molecule has 25 nitrogen and oxygen atoms in total. The zero-order valence-electron chi connectivity index (χ0n) is 80.7. The van der Waals surface area contributed by atoms with Gasteiger partial charge in [-0.15, -0.1) is 0 Å². The fraction of sp³-hybridized carbons (Fsp3) is 0.373. The zero-order chi connectivity index (χ0) is 97.4. The van der Waals surface area contributed by atoms with E-state index in [0.717, 1.165) is 181 Å². The Kier molecular flexibility index (Phi) is 31.4. The third-order valence-electron chi connectivity index (χ3n) is 27.5. The van der Waals surface area contributed by atoms with E-state index >= 15 is 0 Å². The minimum Gasteiger partial charge on any atom is -0.444 e. The smallest absolute Gasteiger partial charge is 0.410 e. The number of pyridine rings is 4. The standard InChI is InChI=1S/C32H38N4O2S2.C31H36N4O4S2.C26H28N4O2S2.C21H19N3O2S2/c37-31-20-25(35-14-16-38-17-15-35)19-27(34-31)26-9-4-10-29-32(26)40-28-12-11-22(18-30(28)39-29)33-23-6-5-13-36(21-23)24-7-2-1-3-8-24;1-31(2,3)39-30(37)35-11-5-6-21(19-35)32-20-9-10-25-27(16-20)40-26-8-4-7-23(29(26)41-25)24-17-22(18-28(36)33-24)34-12-14-38-15-13-34;31-25-15-19(30-9-11-32-12-10-30)14-21(29-25)20-4-1-5-23-26(20)34-22-7-6-17(13-24(22)33-23)28-18-3-2-8-27-16-18;22-13-4-5-17-19(10-13)27-18-3-1-2-15(21(18)28-17)16-11-14(12-20(25)23-16)24-6-8-26-9-7-24/h4,9-12,18-20,23-24,33H,1-3,5-8,13-17,21H2,(H,34,37);4,7-10,16-18,21,32H,5-6,11-15,19H2,1-3H3,(H,33,36);1,4-7,13-15,18,27-28H,2-3,8-12,16H2,(H,29,31);1-5,10-12H,6-9,22H2,(H,23,25). The second kappa shape index (κ2) is 45.4. The normalized spacial score (nSPS) is 19.4. The quantitative estimate of drug-likeness (QED) is 0.0431. The van der Waals surface area contributed by atoms with Crippen LogP contribution in [0, 0.1) is 0 Å². The van der Waals surface area contributed by atoms with Gasteiger partial charge >= 0.3 is 6.09 Å². The number of nitrogens with one attached hydrogen (secondary N) is 8. The molecule has 11 aliphatic heterocycles. The molecule has 24 rings (SSSR count). The molecule has 744 valence electrons. The molecular formula is C110H121N15O10S8. The Labute approximate surface area is 868 Å². The van der Waals surface area contributed by atoms with Crippen molar-refractivity contribution in [2.45, 2.75) is 199 Å². The topological polar surface area (TPSA) is 288 Å². The van der Waals surface area contributed by atoms with Crippen molar-refractivity contribution < 1.29 is 28.5 Å². The number of carbonyl (C=O) groups is 1. The minimum absolute atomic E-state index is 0.0639. The monoisotopic (exact) mass is 2070 g/mol. The summed E-state index contributed by atoms with van der Waals surface area (Å²) in [4.78, 5) is 108. The molecule has 4 aromatic heterocycles. The van der Waals surface area contributed by atoms with Gasteiger partial charge in [-0.2, -0.15) is 0 Å².